The summed E-state index contributed by atoms with van der Waals surface area (Å²) in [5, 5.41) is 10.2. The maximum Gasteiger partial charge on any atom is 0.258 e. The third-order valence-electron chi connectivity index (χ3n) is 0.753. The van der Waals surface area contributed by atoms with Crippen molar-refractivity contribution >= 4 is 27.5 Å². The lowest BCUT2D eigenvalue weighted by Crippen LogP contribution is -2.04. The number of hydrogen-bond acceptors (Lipinski definition) is 7. The topological polar surface area (TPSA) is 81.2 Å². The van der Waals surface area contributed by atoms with Gasteiger partial charge >= 0.3 is 0 Å². The molecular weight excluding hydrogens is 190 g/mol. The number of aromatic nitrogens is 2. The first-order chi connectivity index (χ1) is 5.29. The van der Waals surface area contributed by atoms with Crippen LogP contribution in [0, 0.1) is 0 Å². The predicted molar refractivity (Wildman–Crippen MR) is 39.8 cm³/mol. The fourth-order valence-electron chi connectivity index (χ4n) is 0.397. The molecule has 8 heteroatoms. The van der Waals surface area contributed by atoms with E-state index in [0.29, 0.717) is 5.13 Å². The van der Waals surface area contributed by atoms with Crippen LogP contribution in [0.5, 0.6) is 0 Å². The van der Waals surface area contributed by atoms with Crippen LogP contribution in [0.3, 0.4) is 0 Å². The van der Waals surface area contributed by atoms with E-state index in [9.17, 15) is 8.42 Å². The fourth-order valence-corrected chi connectivity index (χ4v) is 0.997. The van der Waals surface area contributed by atoms with E-state index in [-0.39, 0.29) is 6.73 Å². The van der Waals surface area contributed by atoms with Crippen LogP contribution in [0.4, 0.5) is 5.13 Å². The van der Waals surface area contributed by atoms with Crippen molar-refractivity contribution in [2.45, 2.75) is 0 Å². The Morgan fingerprint density at radius 3 is 3.09 bits per heavy atom. The molecule has 1 heterocycles. The van der Waals surface area contributed by atoms with Crippen LogP contribution >= 0.6 is 11.3 Å². The Morgan fingerprint density at radius 1 is 1.73 bits per heavy atom. The second kappa shape index (κ2) is 4.21. The summed E-state index contributed by atoms with van der Waals surface area (Å²) < 4.78 is 23.9. The van der Waals surface area contributed by atoms with Gasteiger partial charge in [0.05, 0.1) is 0 Å². The predicted octanol–water partition coefficient (Wildman–Crippen LogP) is -0.550. The molecule has 1 aromatic rings. The number of rotatable bonds is 4. The van der Waals surface area contributed by atoms with Gasteiger partial charge in [0.1, 0.15) is 12.2 Å². The first-order valence-corrected chi connectivity index (χ1v) is 4.54. The summed E-state index contributed by atoms with van der Waals surface area (Å²) >= 11 is 1.26. The molecule has 0 aliphatic rings. The number of nitrogens with zero attached hydrogens (tertiary/aromatic N) is 2. The minimum Gasteiger partial charge on any atom is -0.336 e. The molecule has 1 N–H and O–H groups in total. The molecule has 0 fully saturated rings. The Morgan fingerprint density at radius 2 is 2.55 bits per heavy atom. The van der Waals surface area contributed by atoms with E-state index in [1.54, 1.807) is 0 Å². The third kappa shape index (κ3) is 3.25. The Bertz CT molecular complexity index is 261. The third-order valence-corrected chi connectivity index (χ3v) is 1.74. The number of thiol groups is 1. The van der Waals surface area contributed by atoms with Crippen molar-refractivity contribution in [3.8, 4) is 0 Å². The highest BCUT2D eigenvalue weighted by atomic mass is 32.2. The summed E-state index contributed by atoms with van der Waals surface area (Å²) in [6.45, 7) is -0.103. The van der Waals surface area contributed by atoms with E-state index >= 15 is 0 Å². The zero-order valence-electron chi connectivity index (χ0n) is 5.26. The highest BCUT2D eigenvalue weighted by Crippen LogP contribution is 2.06. The molecule has 0 saturated heterocycles. The van der Waals surface area contributed by atoms with Crippen LogP contribution in [-0.2, 0) is 15.2 Å². The van der Waals surface area contributed by atoms with Crippen molar-refractivity contribution in [1.29, 1.82) is 0 Å². The second-order valence-electron chi connectivity index (χ2n) is 1.42. The standard InChI is InChI=1S/C3H5N3O3S2/c7-11(8)9-1-4-3-6-5-2-10-3/h2,11H,1H2,(H,4,6). The zero-order chi connectivity index (χ0) is 8.10. The molecule has 0 aliphatic heterocycles. The molecule has 11 heavy (non-hydrogen) atoms. The van der Waals surface area contributed by atoms with Gasteiger partial charge in [0.15, 0.2) is 0 Å². The normalized spacial score (nSPS) is 10.3. The molecule has 0 saturated carbocycles. The largest absolute Gasteiger partial charge is 0.336 e. The molecular formula is C3H5N3O3S2. The molecule has 0 aromatic carbocycles. The average molecular weight is 195 g/mol. The van der Waals surface area contributed by atoms with Crippen molar-refractivity contribution < 1.29 is 12.6 Å². The minimum atomic E-state index is -2.79. The molecule has 1 aromatic heterocycles. The van der Waals surface area contributed by atoms with Crippen molar-refractivity contribution in [3.05, 3.63) is 5.51 Å². The molecule has 0 bridgehead atoms. The Balaban J connectivity index is 2.24. The van der Waals surface area contributed by atoms with Crippen LogP contribution < -0.4 is 5.32 Å². The first-order valence-electron chi connectivity index (χ1n) is 2.56. The Hall–Kier alpha value is -0.730. The Labute approximate surface area is 68.4 Å². The summed E-state index contributed by atoms with van der Waals surface area (Å²) in [5.74, 6) is 0. The lowest BCUT2D eigenvalue weighted by atomic mass is 11.1. The quantitative estimate of drug-likeness (QED) is 0.495. The van der Waals surface area contributed by atoms with Crippen LogP contribution in [-0.4, -0.2) is 25.3 Å². The molecule has 0 unspecified atom stereocenters. The molecule has 6 nitrogen and oxygen atoms in total. The molecule has 0 atom stereocenters. The van der Waals surface area contributed by atoms with Crippen molar-refractivity contribution in [3.63, 3.8) is 0 Å². The van der Waals surface area contributed by atoms with Crippen molar-refractivity contribution in [2.24, 2.45) is 0 Å². The summed E-state index contributed by atoms with van der Waals surface area (Å²) in [6, 6.07) is 0. The van der Waals surface area contributed by atoms with Crippen LogP contribution in [0.1, 0.15) is 0 Å². The van der Waals surface area contributed by atoms with Gasteiger partial charge in [-0.3, -0.25) is 4.18 Å². The van der Waals surface area contributed by atoms with Gasteiger partial charge in [-0.05, 0) is 0 Å². The van der Waals surface area contributed by atoms with Gasteiger partial charge in [-0.2, -0.15) is 0 Å². The van der Waals surface area contributed by atoms with E-state index in [2.05, 4.69) is 19.7 Å². The van der Waals surface area contributed by atoms with Gasteiger partial charge in [0.2, 0.25) is 5.13 Å². The van der Waals surface area contributed by atoms with E-state index < -0.39 is 11.0 Å². The maximum absolute atomic E-state index is 9.87. The lowest BCUT2D eigenvalue weighted by Gasteiger charge is -1.95. The highest BCUT2D eigenvalue weighted by Gasteiger charge is 1.93. The van der Waals surface area contributed by atoms with Gasteiger partial charge in [-0.25, -0.2) is 8.42 Å². The molecule has 0 radical (unpaired) electrons. The molecule has 0 amide bonds. The highest BCUT2D eigenvalue weighted by molar-refractivity contribution is 7.67. The van der Waals surface area contributed by atoms with E-state index in [1.807, 2.05) is 0 Å². The van der Waals surface area contributed by atoms with Crippen LogP contribution in [0.2, 0.25) is 0 Å². The number of nitrogens with one attached hydrogen (secondary N) is 1. The first kappa shape index (κ1) is 8.37. The summed E-state index contributed by atoms with van der Waals surface area (Å²) in [5.41, 5.74) is 1.53. The number of hydrogen-bond donors (Lipinski definition) is 2. The van der Waals surface area contributed by atoms with E-state index in [0.717, 1.165) is 0 Å². The van der Waals surface area contributed by atoms with E-state index in [1.165, 1.54) is 16.8 Å². The van der Waals surface area contributed by atoms with Gasteiger partial charge in [-0.15, -0.1) is 10.2 Å². The molecule has 0 spiro atoms. The summed E-state index contributed by atoms with van der Waals surface area (Å²) in [6.07, 6.45) is 0. The SMILES string of the molecule is O=[SH](=O)OCNc1nncs1. The average Bonchev–Trinajstić information content (AvgIpc) is 2.39. The fraction of sp³-hybridized carbons (Fsp3) is 0.333. The van der Waals surface area contributed by atoms with Gasteiger partial charge < -0.3 is 5.32 Å². The maximum atomic E-state index is 9.87. The van der Waals surface area contributed by atoms with Crippen LogP contribution in [0.15, 0.2) is 5.51 Å². The molecule has 0 aliphatic carbocycles. The van der Waals surface area contributed by atoms with Crippen molar-refractivity contribution in [1.82, 2.24) is 10.2 Å². The minimum absolute atomic E-state index is 0.103. The van der Waals surface area contributed by atoms with Gasteiger partial charge in [0, 0.05) is 0 Å². The number of anilines is 1. The lowest BCUT2D eigenvalue weighted by molar-refractivity contribution is 0.360. The Kier molecular flexibility index (Phi) is 3.20. The molecule has 62 valence electrons. The smallest absolute Gasteiger partial charge is 0.258 e. The monoisotopic (exact) mass is 195 g/mol. The summed E-state index contributed by atoms with van der Waals surface area (Å²) in [4.78, 5) is 0. The molecule has 1 rings (SSSR count). The van der Waals surface area contributed by atoms with Gasteiger partial charge in [0.25, 0.3) is 11.0 Å². The van der Waals surface area contributed by atoms with Gasteiger partial charge in [-0.1, -0.05) is 11.3 Å². The van der Waals surface area contributed by atoms with Crippen molar-refractivity contribution in [2.75, 3.05) is 12.0 Å². The van der Waals surface area contributed by atoms with Crippen LogP contribution in [0.25, 0.3) is 0 Å². The summed E-state index contributed by atoms with van der Waals surface area (Å²) in [7, 11) is -2.79. The van der Waals surface area contributed by atoms with E-state index in [4.69, 9.17) is 0 Å². The second-order valence-corrected chi connectivity index (χ2v) is 2.96. The zero-order valence-corrected chi connectivity index (χ0v) is 6.97.